The number of carbonyl (C=O) groups is 1. The molecule has 0 bridgehead atoms. The van der Waals surface area contributed by atoms with Gasteiger partial charge >= 0.3 is 0 Å². The van der Waals surface area contributed by atoms with Gasteiger partial charge in [0, 0.05) is 17.4 Å². The van der Waals surface area contributed by atoms with Gasteiger partial charge in [0.15, 0.2) is 0 Å². The van der Waals surface area contributed by atoms with Crippen molar-refractivity contribution in [1.82, 2.24) is 5.32 Å². The molecular formula is C14H18BrNO3. The summed E-state index contributed by atoms with van der Waals surface area (Å²) in [4.78, 5) is 12.1. The third kappa shape index (κ3) is 3.41. The fraction of sp³-hybridized carbons (Fsp3) is 0.500. The zero-order valence-electron chi connectivity index (χ0n) is 10.6. The lowest BCUT2D eigenvalue weighted by Gasteiger charge is -2.31. The van der Waals surface area contributed by atoms with E-state index < -0.39 is 0 Å². The molecule has 0 aromatic heterocycles. The van der Waals surface area contributed by atoms with Gasteiger partial charge in [0.25, 0.3) is 5.91 Å². The highest BCUT2D eigenvalue weighted by Crippen LogP contribution is 2.27. The molecule has 0 radical (unpaired) electrons. The van der Waals surface area contributed by atoms with E-state index in [2.05, 4.69) is 21.2 Å². The van der Waals surface area contributed by atoms with Crippen LogP contribution in [0.25, 0.3) is 0 Å². The van der Waals surface area contributed by atoms with Gasteiger partial charge in [-0.2, -0.15) is 0 Å². The number of halogens is 1. The molecule has 2 unspecified atom stereocenters. The van der Waals surface area contributed by atoms with E-state index in [0.717, 1.165) is 24.6 Å². The van der Waals surface area contributed by atoms with Crippen LogP contribution in [0.5, 0.6) is 11.5 Å². The van der Waals surface area contributed by atoms with Crippen LogP contribution >= 0.6 is 15.9 Å². The lowest BCUT2D eigenvalue weighted by molar-refractivity contribution is 0.0909. The maximum Gasteiger partial charge on any atom is 0.255 e. The van der Waals surface area contributed by atoms with Crippen molar-refractivity contribution >= 4 is 21.8 Å². The molecule has 5 heteroatoms. The van der Waals surface area contributed by atoms with E-state index in [1.54, 1.807) is 0 Å². The Labute approximate surface area is 121 Å². The van der Waals surface area contributed by atoms with Crippen LogP contribution in [0.4, 0.5) is 0 Å². The van der Waals surface area contributed by atoms with Crippen LogP contribution in [0.2, 0.25) is 0 Å². The molecule has 1 fully saturated rings. The third-order valence-electron chi connectivity index (χ3n) is 3.65. The summed E-state index contributed by atoms with van der Waals surface area (Å²) in [6.07, 6.45) is 4.40. The van der Waals surface area contributed by atoms with Crippen LogP contribution in [-0.2, 0) is 0 Å². The number of amides is 1. The zero-order valence-corrected chi connectivity index (χ0v) is 12.2. The first kappa shape index (κ1) is 14.2. The molecule has 0 aliphatic heterocycles. The highest BCUT2D eigenvalue weighted by atomic mass is 79.9. The Morgan fingerprint density at radius 3 is 2.74 bits per heavy atom. The Morgan fingerprint density at radius 1 is 1.32 bits per heavy atom. The second-order valence-corrected chi connectivity index (χ2v) is 5.63. The standard InChI is InChI=1S/C14H18BrNO3/c15-8-9-3-1-2-4-12(9)16-14(19)11-6-5-10(17)7-13(11)18/h5-7,9,12,17-18H,1-4,8H2,(H,16,19). The molecule has 1 aliphatic rings. The largest absolute Gasteiger partial charge is 0.508 e. The van der Waals surface area contributed by atoms with E-state index in [0.29, 0.717) is 5.92 Å². The molecule has 1 amide bonds. The predicted molar refractivity (Wildman–Crippen MR) is 76.8 cm³/mol. The molecule has 0 spiro atoms. The predicted octanol–water partition coefficient (Wildman–Crippen LogP) is 2.78. The minimum atomic E-state index is -0.282. The van der Waals surface area contributed by atoms with Crippen molar-refractivity contribution in [3.05, 3.63) is 23.8 Å². The number of benzene rings is 1. The molecule has 1 saturated carbocycles. The lowest BCUT2D eigenvalue weighted by Crippen LogP contribution is -2.42. The number of phenolic OH excluding ortho intramolecular Hbond substituents is 2. The third-order valence-corrected chi connectivity index (χ3v) is 4.48. The monoisotopic (exact) mass is 327 g/mol. The molecule has 2 atom stereocenters. The number of rotatable bonds is 3. The van der Waals surface area contributed by atoms with Crippen LogP contribution in [0.15, 0.2) is 18.2 Å². The molecule has 1 aliphatic carbocycles. The molecule has 0 saturated heterocycles. The molecular weight excluding hydrogens is 310 g/mol. The fourth-order valence-electron chi connectivity index (χ4n) is 2.54. The second kappa shape index (κ2) is 6.28. The van der Waals surface area contributed by atoms with Crippen molar-refractivity contribution in [2.75, 3.05) is 5.33 Å². The summed E-state index contributed by atoms with van der Waals surface area (Å²) in [5, 5.41) is 22.8. The number of hydrogen-bond donors (Lipinski definition) is 3. The van der Waals surface area contributed by atoms with Crippen molar-refractivity contribution in [1.29, 1.82) is 0 Å². The molecule has 1 aromatic rings. The summed E-state index contributed by atoms with van der Waals surface area (Å²) < 4.78 is 0. The number of hydrogen-bond acceptors (Lipinski definition) is 3. The van der Waals surface area contributed by atoms with Crippen molar-refractivity contribution < 1.29 is 15.0 Å². The van der Waals surface area contributed by atoms with Crippen LogP contribution in [0, 0.1) is 5.92 Å². The topological polar surface area (TPSA) is 69.6 Å². The number of phenols is 2. The number of nitrogens with one attached hydrogen (secondary N) is 1. The number of alkyl halides is 1. The van der Waals surface area contributed by atoms with E-state index in [9.17, 15) is 15.0 Å². The summed E-state index contributed by atoms with van der Waals surface area (Å²) in [5.41, 5.74) is 0.205. The minimum absolute atomic E-state index is 0.0509. The van der Waals surface area contributed by atoms with Gasteiger partial charge in [0.2, 0.25) is 0 Å². The average Bonchev–Trinajstić information content (AvgIpc) is 2.39. The zero-order chi connectivity index (χ0) is 13.8. The molecule has 19 heavy (non-hydrogen) atoms. The second-order valence-electron chi connectivity index (χ2n) is 4.98. The Morgan fingerprint density at radius 2 is 2.05 bits per heavy atom. The number of carbonyl (C=O) groups excluding carboxylic acids is 1. The molecule has 1 aromatic carbocycles. The highest BCUT2D eigenvalue weighted by molar-refractivity contribution is 9.09. The minimum Gasteiger partial charge on any atom is -0.508 e. The van der Waals surface area contributed by atoms with E-state index in [4.69, 9.17) is 0 Å². The van der Waals surface area contributed by atoms with Gasteiger partial charge in [-0.15, -0.1) is 0 Å². The Kier molecular flexibility index (Phi) is 4.69. The van der Waals surface area contributed by atoms with Crippen molar-refractivity contribution in [2.24, 2.45) is 5.92 Å². The van der Waals surface area contributed by atoms with Crippen molar-refractivity contribution in [3.63, 3.8) is 0 Å². The van der Waals surface area contributed by atoms with Gasteiger partial charge in [0.1, 0.15) is 11.5 Å². The van der Waals surface area contributed by atoms with Gasteiger partial charge in [0.05, 0.1) is 5.56 Å². The van der Waals surface area contributed by atoms with Crippen molar-refractivity contribution in [3.8, 4) is 11.5 Å². The van der Waals surface area contributed by atoms with E-state index in [1.165, 1.54) is 24.6 Å². The van der Waals surface area contributed by atoms with Gasteiger partial charge in [-0.3, -0.25) is 4.79 Å². The van der Waals surface area contributed by atoms with Gasteiger partial charge in [-0.1, -0.05) is 28.8 Å². The average molecular weight is 328 g/mol. The van der Waals surface area contributed by atoms with Gasteiger partial charge in [-0.25, -0.2) is 0 Å². The normalized spacial score (nSPS) is 23.0. The quantitative estimate of drug-likeness (QED) is 0.747. The summed E-state index contributed by atoms with van der Waals surface area (Å²) >= 11 is 3.49. The summed E-state index contributed by atoms with van der Waals surface area (Å²) in [6, 6.07) is 4.16. The van der Waals surface area contributed by atoms with E-state index in [1.807, 2.05) is 0 Å². The summed E-state index contributed by atoms with van der Waals surface area (Å²) in [7, 11) is 0. The van der Waals surface area contributed by atoms with E-state index in [-0.39, 0.29) is 29.0 Å². The van der Waals surface area contributed by atoms with Crippen LogP contribution in [0.3, 0.4) is 0 Å². The Hall–Kier alpha value is -1.23. The highest BCUT2D eigenvalue weighted by Gasteiger charge is 2.26. The first-order chi connectivity index (χ1) is 9.11. The molecule has 0 heterocycles. The van der Waals surface area contributed by atoms with Gasteiger partial charge in [-0.05, 0) is 30.9 Å². The molecule has 4 nitrogen and oxygen atoms in total. The summed E-state index contributed by atoms with van der Waals surface area (Å²) in [5.74, 6) is -0.0824. The first-order valence-electron chi connectivity index (χ1n) is 6.50. The molecule has 2 rings (SSSR count). The van der Waals surface area contributed by atoms with E-state index >= 15 is 0 Å². The SMILES string of the molecule is O=C(NC1CCCCC1CBr)c1ccc(O)cc1O. The maximum absolute atomic E-state index is 12.1. The fourth-order valence-corrected chi connectivity index (χ4v) is 3.32. The lowest BCUT2D eigenvalue weighted by atomic mass is 9.86. The molecule has 3 N–H and O–H groups in total. The Bertz CT molecular complexity index is 464. The first-order valence-corrected chi connectivity index (χ1v) is 7.62. The number of aromatic hydroxyl groups is 2. The van der Waals surface area contributed by atoms with Crippen molar-refractivity contribution in [2.45, 2.75) is 31.7 Å². The van der Waals surface area contributed by atoms with Crippen LogP contribution < -0.4 is 5.32 Å². The molecule has 104 valence electrons. The maximum atomic E-state index is 12.1. The van der Waals surface area contributed by atoms with Crippen LogP contribution in [-0.4, -0.2) is 27.5 Å². The Balaban J connectivity index is 2.07. The van der Waals surface area contributed by atoms with Crippen LogP contribution in [0.1, 0.15) is 36.0 Å². The summed E-state index contributed by atoms with van der Waals surface area (Å²) in [6.45, 7) is 0. The smallest absolute Gasteiger partial charge is 0.255 e. The van der Waals surface area contributed by atoms with Gasteiger partial charge < -0.3 is 15.5 Å².